The summed E-state index contributed by atoms with van der Waals surface area (Å²) in [6, 6.07) is 0. The number of hydrogen-bond donors (Lipinski definition) is 0. The highest BCUT2D eigenvalue weighted by Gasteiger charge is 2.53. The molecule has 0 radical (unpaired) electrons. The van der Waals surface area contributed by atoms with Crippen molar-refractivity contribution in [2.75, 3.05) is 13.2 Å². The van der Waals surface area contributed by atoms with Gasteiger partial charge < -0.3 is 9.47 Å². The summed E-state index contributed by atoms with van der Waals surface area (Å²) in [5, 5.41) is 0. The molecule has 15 heavy (non-hydrogen) atoms. The normalized spacial score (nSPS) is 28.1. The van der Waals surface area contributed by atoms with Crippen molar-refractivity contribution in [2.45, 2.75) is 39.4 Å². The molecule has 0 aromatic heterocycles. The third kappa shape index (κ3) is 1.34. The van der Waals surface area contributed by atoms with E-state index in [2.05, 4.69) is 26.7 Å². The van der Waals surface area contributed by atoms with E-state index < -0.39 is 5.79 Å². The minimum atomic E-state index is -0.478. The lowest BCUT2D eigenvalue weighted by molar-refractivity contribution is -0.222. The first kappa shape index (κ1) is 10.7. The largest absolute Gasteiger partial charge is 0.347 e. The van der Waals surface area contributed by atoms with Gasteiger partial charge in [-0.15, -0.1) is 6.42 Å². The van der Waals surface area contributed by atoms with Gasteiger partial charge in [0.05, 0.1) is 18.6 Å². The van der Waals surface area contributed by atoms with E-state index in [1.165, 1.54) is 5.57 Å². The van der Waals surface area contributed by atoms with Crippen LogP contribution >= 0.6 is 0 Å². The number of terminal acetylenes is 1. The van der Waals surface area contributed by atoms with Crippen molar-refractivity contribution in [3.63, 3.8) is 0 Å². The van der Waals surface area contributed by atoms with Gasteiger partial charge in [0.25, 0.3) is 0 Å². The molecule has 0 saturated carbocycles. The first-order chi connectivity index (χ1) is 7.03. The van der Waals surface area contributed by atoms with Crippen LogP contribution < -0.4 is 0 Å². The van der Waals surface area contributed by atoms with Crippen molar-refractivity contribution >= 4 is 0 Å². The Morgan fingerprint density at radius 1 is 1.27 bits per heavy atom. The lowest BCUT2D eigenvalue weighted by atomic mass is 9.68. The molecule has 0 N–H and O–H groups in total. The van der Waals surface area contributed by atoms with Gasteiger partial charge in [-0.1, -0.05) is 11.5 Å². The topological polar surface area (TPSA) is 18.5 Å². The van der Waals surface area contributed by atoms with E-state index in [0.29, 0.717) is 13.2 Å². The average molecular weight is 206 g/mol. The lowest BCUT2D eigenvalue weighted by Crippen LogP contribution is -2.49. The van der Waals surface area contributed by atoms with E-state index in [-0.39, 0.29) is 5.41 Å². The minimum absolute atomic E-state index is 0.208. The van der Waals surface area contributed by atoms with Crippen LogP contribution in [0.1, 0.15) is 33.6 Å². The van der Waals surface area contributed by atoms with Crippen LogP contribution in [0.3, 0.4) is 0 Å². The zero-order chi connectivity index (χ0) is 11.1. The van der Waals surface area contributed by atoms with Crippen molar-refractivity contribution in [1.82, 2.24) is 0 Å². The molecule has 82 valence electrons. The van der Waals surface area contributed by atoms with Crippen LogP contribution in [-0.4, -0.2) is 19.0 Å². The van der Waals surface area contributed by atoms with Crippen molar-refractivity contribution in [3.8, 4) is 12.3 Å². The molecule has 1 spiro atoms. The first-order valence-corrected chi connectivity index (χ1v) is 5.48. The van der Waals surface area contributed by atoms with E-state index >= 15 is 0 Å². The van der Waals surface area contributed by atoms with Gasteiger partial charge in [0.2, 0.25) is 0 Å². The minimum Gasteiger partial charge on any atom is -0.347 e. The number of allylic oxidation sites excluding steroid dienone is 1. The standard InChI is InChI=1S/C13H18O2/c1-5-11-10(2)6-7-13(12(11,3)4)14-8-9-15-13/h1H,6-9H2,2-4H3. The van der Waals surface area contributed by atoms with Crippen LogP contribution in [0, 0.1) is 17.8 Å². The quantitative estimate of drug-likeness (QED) is 0.567. The van der Waals surface area contributed by atoms with Gasteiger partial charge in [-0.05, 0) is 27.2 Å². The average Bonchev–Trinajstić information content (AvgIpc) is 2.63. The van der Waals surface area contributed by atoms with Crippen LogP contribution in [0.15, 0.2) is 11.1 Å². The highest BCUT2D eigenvalue weighted by atomic mass is 16.7. The maximum atomic E-state index is 5.83. The third-order valence-electron chi connectivity index (χ3n) is 3.73. The maximum absolute atomic E-state index is 5.83. The second-order valence-corrected chi connectivity index (χ2v) is 4.87. The SMILES string of the molecule is C#CC1=C(C)CCC2(OCCO2)C1(C)C. The fourth-order valence-electron chi connectivity index (χ4n) is 2.78. The van der Waals surface area contributed by atoms with Crippen molar-refractivity contribution < 1.29 is 9.47 Å². The van der Waals surface area contributed by atoms with E-state index in [9.17, 15) is 0 Å². The Morgan fingerprint density at radius 2 is 1.87 bits per heavy atom. The number of rotatable bonds is 0. The second-order valence-electron chi connectivity index (χ2n) is 4.87. The zero-order valence-corrected chi connectivity index (χ0v) is 9.72. The van der Waals surface area contributed by atoms with Gasteiger partial charge in [0, 0.05) is 12.0 Å². The van der Waals surface area contributed by atoms with E-state index in [4.69, 9.17) is 15.9 Å². The van der Waals surface area contributed by atoms with E-state index in [1.807, 2.05) is 0 Å². The summed E-state index contributed by atoms with van der Waals surface area (Å²) in [7, 11) is 0. The summed E-state index contributed by atoms with van der Waals surface area (Å²) in [6.45, 7) is 7.71. The summed E-state index contributed by atoms with van der Waals surface area (Å²) in [5.41, 5.74) is 2.14. The molecule has 1 saturated heterocycles. The van der Waals surface area contributed by atoms with Gasteiger partial charge in [-0.3, -0.25) is 0 Å². The van der Waals surface area contributed by atoms with E-state index in [1.54, 1.807) is 0 Å². The zero-order valence-electron chi connectivity index (χ0n) is 9.72. The molecule has 1 fully saturated rings. The molecule has 2 rings (SSSR count). The molecule has 1 aliphatic carbocycles. The molecule has 1 heterocycles. The van der Waals surface area contributed by atoms with Crippen LogP contribution in [0.4, 0.5) is 0 Å². The number of ether oxygens (including phenoxy) is 2. The summed E-state index contributed by atoms with van der Waals surface area (Å²) >= 11 is 0. The Labute approximate surface area is 91.6 Å². The first-order valence-electron chi connectivity index (χ1n) is 5.48. The number of hydrogen-bond acceptors (Lipinski definition) is 2. The monoisotopic (exact) mass is 206 g/mol. The molecule has 1 aliphatic heterocycles. The molecule has 0 amide bonds. The van der Waals surface area contributed by atoms with Gasteiger partial charge in [-0.2, -0.15) is 0 Å². The molecular weight excluding hydrogens is 188 g/mol. The summed E-state index contributed by atoms with van der Waals surface area (Å²) in [5.74, 6) is 2.34. The molecule has 0 aromatic carbocycles. The summed E-state index contributed by atoms with van der Waals surface area (Å²) < 4.78 is 11.7. The van der Waals surface area contributed by atoms with E-state index in [0.717, 1.165) is 18.4 Å². The lowest BCUT2D eigenvalue weighted by Gasteiger charge is -2.46. The molecule has 2 nitrogen and oxygen atoms in total. The third-order valence-corrected chi connectivity index (χ3v) is 3.73. The molecule has 0 aromatic rings. The van der Waals surface area contributed by atoms with Crippen molar-refractivity contribution in [1.29, 1.82) is 0 Å². The summed E-state index contributed by atoms with van der Waals surface area (Å²) in [4.78, 5) is 0. The van der Waals surface area contributed by atoms with Crippen molar-refractivity contribution in [3.05, 3.63) is 11.1 Å². The summed E-state index contributed by atoms with van der Waals surface area (Å²) in [6.07, 6.45) is 7.49. The van der Waals surface area contributed by atoms with Crippen LogP contribution in [0.5, 0.6) is 0 Å². The smallest absolute Gasteiger partial charge is 0.178 e. The Hall–Kier alpha value is -0.780. The fraction of sp³-hybridized carbons (Fsp3) is 0.692. The molecule has 0 atom stereocenters. The second kappa shape index (κ2) is 3.37. The van der Waals surface area contributed by atoms with Gasteiger partial charge in [0.1, 0.15) is 0 Å². The highest BCUT2D eigenvalue weighted by molar-refractivity contribution is 5.40. The Balaban J connectivity index is 2.46. The molecule has 0 unspecified atom stereocenters. The van der Waals surface area contributed by atoms with Crippen LogP contribution in [0.25, 0.3) is 0 Å². The van der Waals surface area contributed by atoms with Gasteiger partial charge in [0.15, 0.2) is 5.79 Å². The Kier molecular flexibility index (Phi) is 2.41. The molecule has 0 bridgehead atoms. The van der Waals surface area contributed by atoms with Gasteiger partial charge >= 0.3 is 0 Å². The maximum Gasteiger partial charge on any atom is 0.178 e. The fourth-order valence-corrected chi connectivity index (χ4v) is 2.78. The highest BCUT2D eigenvalue weighted by Crippen LogP contribution is 2.51. The molecule has 2 aliphatic rings. The van der Waals surface area contributed by atoms with Gasteiger partial charge in [-0.25, -0.2) is 0 Å². The predicted molar refractivity (Wildman–Crippen MR) is 59.2 cm³/mol. The Bertz CT molecular complexity index is 338. The van der Waals surface area contributed by atoms with Crippen LogP contribution in [-0.2, 0) is 9.47 Å². The van der Waals surface area contributed by atoms with Crippen molar-refractivity contribution in [2.24, 2.45) is 5.41 Å². The molecular formula is C13H18O2. The predicted octanol–water partition coefficient (Wildman–Crippen LogP) is 2.50. The molecule has 2 heteroatoms. The van der Waals surface area contributed by atoms with Crippen LogP contribution in [0.2, 0.25) is 0 Å². The Morgan fingerprint density at radius 3 is 2.40 bits per heavy atom.